The first-order valence-corrected chi connectivity index (χ1v) is 9.74. The largest absolute Gasteiger partial charge is 0.504 e. The molecule has 0 radical (unpaired) electrons. The van der Waals surface area contributed by atoms with Gasteiger partial charge in [0.25, 0.3) is 0 Å². The summed E-state index contributed by atoms with van der Waals surface area (Å²) in [7, 11) is 0. The monoisotopic (exact) mass is 375 g/mol. The van der Waals surface area contributed by atoms with E-state index >= 15 is 0 Å². The second-order valence-electron chi connectivity index (χ2n) is 8.49. The van der Waals surface area contributed by atoms with Crippen LogP contribution in [0.2, 0.25) is 0 Å². The molecule has 1 spiro atoms. The van der Waals surface area contributed by atoms with E-state index < -0.39 is 0 Å². The first-order chi connectivity index (χ1) is 12.9. The summed E-state index contributed by atoms with van der Waals surface area (Å²) in [5, 5.41) is 19.2. The van der Waals surface area contributed by atoms with Crippen LogP contribution in [-0.4, -0.2) is 88.3 Å². The maximum atomic E-state index is 12.6. The van der Waals surface area contributed by atoms with Crippen molar-refractivity contribution in [1.29, 1.82) is 0 Å². The van der Waals surface area contributed by atoms with Gasteiger partial charge in [-0.3, -0.25) is 14.6 Å². The number of morpholine rings is 1. The number of fused-ring (bicyclic) bond motifs is 2. The fraction of sp³-hybridized carbons (Fsp3) is 0.650. The van der Waals surface area contributed by atoms with Crippen LogP contribution in [0.4, 0.5) is 0 Å². The van der Waals surface area contributed by atoms with Crippen LogP contribution in [0.1, 0.15) is 19.4 Å². The Kier molecular flexibility index (Phi) is 4.78. The van der Waals surface area contributed by atoms with Crippen LogP contribution in [0.5, 0.6) is 11.5 Å². The number of aromatic hydroxyl groups is 2. The highest BCUT2D eigenvalue weighted by atomic mass is 16.5. The van der Waals surface area contributed by atoms with Crippen molar-refractivity contribution in [3.63, 3.8) is 0 Å². The van der Waals surface area contributed by atoms with Crippen LogP contribution in [0, 0.1) is 5.92 Å². The van der Waals surface area contributed by atoms with Crippen molar-refractivity contribution in [3.05, 3.63) is 23.8 Å². The molecule has 0 aliphatic carbocycles. The van der Waals surface area contributed by atoms with Gasteiger partial charge in [0.15, 0.2) is 11.5 Å². The zero-order valence-corrected chi connectivity index (χ0v) is 16.1. The van der Waals surface area contributed by atoms with Crippen LogP contribution >= 0.6 is 0 Å². The predicted octanol–water partition coefficient (Wildman–Crippen LogP) is 0.851. The second-order valence-corrected chi connectivity index (χ2v) is 8.49. The minimum Gasteiger partial charge on any atom is -0.504 e. The summed E-state index contributed by atoms with van der Waals surface area (Å²) in [5.41, 5.74) is 0.973. The fourth-order valence-electron chi connectivity index (χ4n) is 4.83. The summed E-state index contributed by atoms with van der Waals surface area (Å²) >= 11 is 0. The van der Waals surface area contributed by atoms with Gasteiger partial charge in [-0.25, -0.2) is 0 Å². The Bertz CT molecular complexity index is 717. The maximum absolute atomic E-state index is 12.6. The number of rotatable bonds is 3. The van der Waals surface area contributed by atoms with E-state index in [-0.39, 0.29) is 34.9 Å². The van der Waals surface area contributed by atoms with Crippen LogP contribution < -0.4 is 0 Å². The highest BCUT2D eigenvalue weighted by Crippen LogP contribution is 2.37. The van der Waals surface area contributed by atoms with Gasteiger partial charge in [0.1, 0.15) is 0 Å². The number of amides is 1. The lowest BCUT2D eigenvalue weighted by atomic mass is 9.82. The molecule has 3 fully saturated rings. The van der Waals surface area contributed by atoms with Crippen molar-refractivity contribution in [1.82, 2.24) is 14.7 Å². The number of nitrogens with zero attached hydrogens (tertiary/aromatic N) is 3. The van der Waals surface area contributed by atoms with Gasteiger partial charge < -0.3 is 19.8 Å². The van der Waals surface area contributed by atoms with Crippen molar-refractivity contribution in [2.24, 2.45) is 5.92 Å². The van der Waals surface area contributed by atoms with Crippen molar-refractivity contribution >= 4 is 5.91 Å². The molecule has 1 atom stereocenters. The molecule has 27 heavy (non-hydrogen) atoms. The Morgan fingerprint density at radius 1 is 1.26 bits per heavy atom. The number of likely N-dealkylation sites (tertiary alicyclic amines) is 1. The topological polar surface area (TPSA) is 76.5 Å². The summed E-state index contributed by atoms with van der Waals surface area (Å²) in [6, 6.07) is 5.26. The summed E-state index contributed by atoms with van der Waals surface area (Å²) in [4.78, 5) is 19.6. The van der Waals surface area contributed by atoms with Gasteiger partial charge in [-0.15, -0.1) is 0 Å². The van der Waals surface area contributed by atoms with Gasteiger partial charge in [0.05, 0.1) is 24.8 Å². The van der Waals surface area contributed by atoms with Crippen molar-refractivity contribution < 1.29 is 19.7 Å². The zero-order chi connectivity index (χ0) is 19.2. The number of hydrogen-bond donors (Lipinski definition) is 2. The summed E-state index contributed by atoms with van der Waals surface area (Å²) in [5.74, 6) is 0.0585. The highest BCUT2D eigenvalue weighted by molar-refractivity contribution is 5.78. The Labute approximate surface area is 160 Å². The number of carbonyl (C=O) groups excluding carboxylic acids is 1. The van der Waals surface area contributed by atoms with Gasteiger partial charge >= 0.3 is 0 Å². The standard InChI is InChI=1S/C20H29N3O4/c1-14(2)19(26)22-9-16-10-27-6-5-23(16)20(13-22)11-21(12-20)8-15-3-4-17(24)18(25)7-15/h3-4,7,14,16,24-25H,5-6,8-13H2,1-2H3/t16-/m1/s1. The second kappa shape index (κ2) is 6.96. The lowest BCUT2D eigenvalue weighted by Crippen LogP contribution is -2.80. The van der Waals surface area contributed by atoms with Gasteiger partial charge in [-0.1, -0.05) is 19.9 Å². The SMILES string of the molecule is CC(C)C(=O)N1C[C@@H]2COCCN2C2(CN(Cc3ccc(O)c(O)c3)C2)C1. The molecule has 3 heterocycles. The Hall–Kier alpha value is -1.83. The number of phenols is 2. The number of benzene rings is 1. The van der Waals surface area contributed by atoms with Crippen LogP contribution in [-0.2, 0) is 16.1 Å². The van der Waals surface area contributed by atoms with E-state index in [2.05, 4.69) is 9.80 Å². The molecule has 7 heteroatoms. The van der Waals surface area contributed by atoms with E-state index in [1.807, 2.05) is 24.8 Å². The molecule has 148 valence electrons. The van der Waals surface area contributed by atoms with E-state index in [1.54, 1.807) is 6.07 Å². The Morgan fingerprint density at radius 2 is 2.04 bits per heavy atom. The quantitative estimate of drug-likeness (QED) is 0.763. The molecule has 3 aliphatic rings. The molecule has 1 aromatic carbocycles. The third-order valence-electron chi connectivity index (χ3n) is 6.04. The highest BCUT2D eigenvalue weighted by Gasteiger charge is 2.54. The van der Waals surface area contributed by atoms with Crippen molar-refractivity contribution in [2.45, 2.75) is 32.0 Å². The van der Waals surface area contributed by atoms with E-state index in [4.69, 9.17) is 4.74 Å². The number of piperazine rings is 1. The average molecular weight is 375 g/mol. The van der Waals surface area contributed by atoms with Gasteiger partial charge in [0.2, 0.25) is 5.91 Å². The molecule has 4 rings (SSSR count). The zero-order valence-electron chi connectivity index (χ0n) is 16.1. The molecule has 0 unspecified atom stereocenters. The molecule has 1 amide bonds. The molecule has 3 saturated heterocycles. The fourth-order valence-corrected chi connectivity index (χ4v) is 4.83. The number of hydrogen-bond acceptors (Lipinski definition) is 6. The van der Waals surface area contributed by atoms with Gasteiger partial charge in [-0.05, 0) is 17.7 Å². The third-order valence-corrected chi connectivity index (χ3v) is 6.04. The summed E-state index contributed by atoms with van der Waals surface area (Å²) in [6.45, 7) is 10.3. The summed E-state index contributed by atoms with van der Waals surface area (Å²) in [6.07, 6.45) is 0. The normalized spacial score (nSPS) is 25.4. The molecule has 7 nitrogen and oxygen atoms in total. The molecule has 2 N–H and O–H groups in total. The van der Waals surface area contributed by atoms with E-state index in [0.717, 1.165) is 51.4 Å². The van der Waals surface area contributed by atoms with Crippen LogP contribution in [0.3, 0.4) is 0 Å². The number of phenolic OH excluding ortho intramolecular Hbond substituents is 2. The first kappa shape index (κ1) is 18.5. The Balaban J connectivity index is 1.47. The molecule has 1 aromatic rings. The van der Waals surface area contributed by atoms with E-state index in [1.165, 1.54) is 6.07 Å². The number of carbonyl (C=O) groups is 1. The van der Waals surface area contributed by atoms with Gasteiger partial charge in [0, 0.05) is 45.2 Å². The smallest absolute Gasteiger partial charge is 0.225 e. The van der Waals surface area contributed by atoms with Crippen LogP contribution in [0.15, 0.2) is 18.2 Å². The summed E-state index contributed by atoms with van der Waals surface area (Å²) < 4.78 is 5.69. The number of ether oxygens (including phenoxy) is 1. The predicted molar refractivity (Wildman–Crippen MR) is 101 cm³/mol. The van der Waals surface area contributed by atoms with Gasteiger partial charge in [-0.2, -0.15) is 0 Å². The molecule has 3 aliphatic heterocycles. The maximum Gasteiger partial charge on any atom is 0.225 e. The molecular weight excluding hydrogens is 346 g/mol. The van der Waals surface area contributed by atoms with Crippen molar-refractivity contribution in [2.75, 3.05) is 45.9 Å². The third kappa shape index (κ3) is 3.39. The molecule has 0 bridgehead atoms. The molecular formula is C20H29N3O4. The minimum atomic E-state index is -0.0925. The first-order valence-electron chi connectivity index (χ1n) is 9.74. The average Bonchev–Trinajstić information content (AvgIpc) is 2.62. The van der Waals surface area contributed by atoms with E-state index in [9.17, 15) is 15.0 Å². The van der Waals surface area contributed by atoms with Crippen molar-refractivity contribution in [3.8, 4) is 11.5 Å². The van der Waals surface area contributed by atoms with E-state index in [0.29, 0.717) is 6.61 Å². The molecule has 0 aromatic heterocycles. The lowest BCUT2D eigenvalue weighted by molar-refractivity contribution is -0.177. The molecule has 0 saturated carbocycles. The van der Waals surface area contributed by atoms with Crippen LogP contribution in [0.25, 0.3) is 0 Å². The minimum absolute atomic E-state index is 0.00376. The Morgan fingerprint density at radius 3 is 2.74 bits per heavy atom. The lowest BCUT2D eigenvalue weighted by Gasteiger charge is -2.63.